The summed E-state index contributed by atoms with van der Waals surface area (Å²) in [6.45, 7) is 4.45. The van der Waals surface area contributed by atoms with Gasteiger partial charge in [-0.3, -0.25) is 0 Å². The summed E-state index contributed by atoms with van der Waals surface area (Å²) in [7, 11) is 0. The molecule has 0 radical (unpaired) electrons. The van der Waals surface area contributed by atoms with Crippen LogP contribution < -0.4 is 0 Å². The Balaban J connectivity index is 2.06. The minimum Gasteiger partial charge on any atom is -0.388 e. The lowest BCUT2D eigenvalue weighted by Gasteiger charge is -2.45. The summed E-state index contributed by atoms with van der Waals surface area (Å²) in [5.41, 5.74) is -1.14. The maximum absolute atomic E-state index is 11.0. The Kier molecular flexibility index (Phi) is 4.02. The molecule has 0 bridgehead atoms. The number of nitriles is 1. The molecule has 102 valence electrons. The molecule has 0 aliphatic heterocycles. The van der Waals surface area contributed by atoms with Gasteiger partial charge in [-0.1, -0.05) is 26.7 Å². The first kappa shape index (κ1) is 13.9. The van der Waals surface area contributed by atoms with Gasteiger partial charge in [0.05, 0.1) is 17.1 Å². The van der Waals surface area contributed by atoms with Crippen LogP contribution in [0.15, 0.2) is 0 Å². The van der Waals surface area contributed by atoms with Gasteiger partial charge in [-0.15, -0.1) is 0 Å². The molecule has 0 aromatic rings. The summed E-state index contributed by atoms with van der Waals surface area (Å²) in [6, 6.07) is 2.51. The molecule has 0 aromatic carbocycles. The molecule has 2 saturated carbocycles. The molecule has 2 unspecified atom stereocenters. The van der Waals surface area contributed by atoms with E-state index < -0.39 is 11.0 Å². The highest BCUT2D eigenvalue weighted by molar-refractivity contribution is 5.15. The summed E-state index contributed by atoms with van der Waals surface area (Å²) in [4.78, 5) is 0. The van der Waals surface area contributed by atoms with Gasteiger partial charge in [0, 0.05) is 0 Å². The van der Waals surface area contributed by atoms with E-state index in [1.54, 1.807) is 0 Å². The molecule has 2 aliphatic rings. The summed E-state index contributed by atoms with van der Waals surface area (Å²) >= 11 is 0. The summed E-state index contributed by atoms with van der Waals surface area (Å²) in [5.74, 6) is 1.38. The zero-order valence-electron chi connectivity index (χ0n) is 11.9. The quantitative estimate of drug-likeness (QED) is 0.820. The zero-order valence-corrected chi connectivity index (χ0v) is 11.9. The Hall–Kier alpha value is -0.550. The molecule has 2 rings (SSSR count). The van der Waals surface area contributed by atoms with Crippen LogP contribution in [0.4, 0.5) is 0 Å². The molecule has 0 spiro atoms. The van der Waals surface area contributed by atoms with Gasteiger partial charge in [-0.25, -0.2) is 0 Å². The van der Waals surface area contributed by atoms with E-state index in [0.29, 0.717) is 5.92 Å². The van der Waals surface area contributed by atoms with Crippen LogP contribution in [0.5, 0.6) is 0 Å². The van der Waals surface area contributed by atoms with E-state index in [2.05, 4.69) is 19.9 Å². The summed E-state index contributed by atoms with van der Waals surface area (Å²) < 4.78 is 0. The number of rotatable bonds is 3. The number of nitrogens with zero attached hydrogens (tertiary/aromatic N) is 1. The lowest BCUT2D eigenvalue weighted by atomic mass is 9.62. The number of hydrogen-bond donors (Lipinski definition) is 1. The summed E-state index contributed by atoms with van der Waals surface area (Å²) in [5, 5.41) is 20.6. The number of aliphatic hydroxyl groups is 1. The highest BCUT2D eigenvalue weighted by atomic mass is 16.3. The molecule has 2 fully saturated rings. The first-order valence-corrected chi connectivity index (χ1v) is 7.69. The minimum atomic E-state index is -0.698. The SMILES string of the molecule is CCCC1CCC(O)(C2(C#N)CCC(C)C2)CC1. The predicted molar refractivity (Wildman–Crippen MR) is 72.9 cm³/mol. The maximum Gasteiger partial charge on any atom is 0.0862 e. The second-order valence-electron chi connectivity index (χ2n) is 6.81. The fraction of sp³-hybridized carbons (Fsp3) is 0.938. The Morgan fingerprint density at radius 2 is 1.89 bits per heavy atom. The van der Waals surface area contributed by atoms with Crippen molar-refractivity contribution in [2.75, 3.05) is 0 Å². The minimum absolute atomic E-state index is 0.441. The van der Waals surface area contributed by atoms with Crippen molar-refractivity contribution in [3.05, 3.63) is 0 Å². The lowest BCUT2D eigenvalue weighted by molar-refractivity contribution is -0.0905. The third-order valence-corrected chi connectivity index (χ3v) is 5.49. The van der Waals surface area contributed by atoms with Gasteiger partial charge < -0.3 is 5.11 Å². The van der Waals surface area contributed by atoms with Crippen molar-refractivity contribution in [1.29, 1.82) is 5.26 Å². The molecule has 2 heteroatoms. The van der Waals surface area contributed by atoms with Gasteiger partial charge in [-0.2, -0.15) is 5.26 Å². The highest BCUT2D eigenvalue weighted by Gasteiger charge is 2.54. The first-order chi connectivity index (χ1) is 8.55. The number of hydrogen-bond acceptors (Lipinski definition) is 2. The molecule has 2 nitrogen and oxygen atoms in total. The van der Waals surface area contributed by atoms with Crippen LogP contribution in [0, 0.1) is 28.6 Å². The molecule has 0 saturated heterocycles. The zero-order chi connectivity index (χ0) is 13.2. The second kappa shape index (κ2) is 5.21. The van der Waals surface area contributed by atoms with E-state index in [4.69, 9.17) is 0 Å². The second-order valence-corrected chi connectivity index (χ2v) is 6.81. The third-order valence-electron chi connectivity index (χ3n) is 5.49. The Morgan fingerprint density at radius 3 is 2.33 bits per heavy atom. The van der Waals surface area contributed by atoms with E-state index in [1.807, 2.05) is 0 Å². The summed E-state index contributed by atoms with van der Waals surface area (Å²) in [6.07, 6.45) is 9.35. The van der Waals surface area contributed by atoms with Crippen LogP contribution in [0.25, 0.3) is 0 Å². The van der Waals surface area contributed by atoms with Gasteiger partial charge in [0.1, 0.15) is 0 Å². The monoisotopic (exact) mass is 249 g/mol. The van der Waals surface area contributed by atoms with Gasteiger partial charge in [0.2, 0.25) is 0 Å². The Bertz CT molecular complexity index is 324. The molecule has 0 amide bonds. The molecular weight excluding hydrogens is 222 g/mol. The van der Waals surface area contributed by atoms with E-state index in [1.165, 1.54) is 12.8 Å². The standard InChI is InChI=1S/C16H27NO/c1-3-4-14-6-9-16(18,10-7-14)15(12-17)8-5-13(2)11-15/h13-14,18H,3-11H2,1-2H3. The van der Waals surface area contributed by atoms with E-state index in [9.17, 15) is 10.4 Å². The van der Waals surface area contributed by atoms with Gasteiger partial charge >= 0.3 is 0 Å². The topological polar surface area (TPSA) is 44.0 Å². The van der Waals surface area contributed by atoms with Crippen LogP contribution in [-0.4, -0.2) is 10.7 Å². The average Bonchev–Trinajstić information content (AvgIpc) is 2.76. The van der Waals surface area contributed by atoms with Crippen LogP contribution in [0.3, 0.4) is 0 Å². The molecule has 2 aliphatic carbocycles. The normalized spacial score (nSPS) is 44.8. The molecular formula is C16H27NO. The molecule has 18 heavy (non-hydrogen) atoms. The molecule has 1 N–H and O–H groups in total. The fourth-order valence-corrected chi connectivity index (χ4v) is 4.25. The maximum atomic E-state index is 11.0. The fourth-order valence-electron chi connectivity index (χ4n) is 4.25. The molecule has 0 heterocycles. The Labute approximate surface area is 111 Å². The van der Waals surface area contributed by atoms with E-state index in [-0.39, 0.29) is 0 Å². The van der Waals surface area contributed by atoms with Crippen LogP contribution in [0.1, 0.15) is 71.6 Å². The predicted octanol–water partition coefficient (Wildman–Crippen LogP) is 4.04. The molecule has 2 atom stereocenters. The highest BCUT2D eigenvalue weighted by Crippen LogP contribution is 2.54. The van der Waals surface area contributed by atoms with Crippen LogP contribution >= 0.6 is 0 Å². The van der Waals surface area contributed by atoms with Crippen molar-refractivity contribution < 1.29 is 5.11 Å². The third kappa shape index (κ3) is 2.30. The Morgan fingerprint density at radius 1 is 1.22 bits per heavy atom. The van der Waals surface area contributed by atoms with Crippen molar-refractivity contribution in [2.45, 2.75) is 77.2 Å². The largest absolute Gasteiger partial charge is 0.388 e. The van der Waals surface area contributed by atoms with Gasteiger partial charge in [-0.05, 0) is 56.8 Å². The van der Waals surface area contributed by atoms with E-state index in [0.717, 1.165) is 50.9 Å². The molecule has 0 aromatic heterocycles. The van der Waals surface area contributed by atoms with Gasteiger partial charge in [0.15, 0.2) is 0 Å². The van der Waals surface area contributed by atoms with Crippen LogP contribution in [-0.2, 0) is 0 Å². The van der Waals surface area contributed by atoms with Crippen molar-refractivity contribution in [1.82, 2.24) is 0 Å². The lowest BCUT2D eigenvalue weighted by Crippen LogP contribution is -2.48. The van der Waals surface area contributed by atoms with Crippen molar-refractivity contribution in [3.63, 3.8) is 0 Å². The van der Waals surface area contributed by atoms with Crippen molar-refractivity contribution in [3.8, 4) is 6.07 Å². The first-order valence-electron chi connectivity index (χ1n) is 7.69. The average molecular weight is 249 g/mol. The van der Waals surface area contributed by atoms with Crippen molar-refractivity contribution in [2.24, 2.45) is 17.3 Å². The smallest absolute Gasteiger partial charge is 0.0862 e. The van der Waals surface area contributed by atoms with Crippen molar-refractivity contribution >= 4 is 0 Å². The van der Waals surface area contributed by atoms with Crippen LogP contribution in [0.2, 0.25) is 0 Å². The van der Waals surface area contributed by atoms with E-state index >= 15 is 0 Å². The van der Waals surface area contributed by atoms with Gasteiger partial charge in [0.25, 0.3) is 0 Å².